The molecule has 5 nitrogen and oxygen atoms in total. The Balaban J connectivity index is 3.11. The Morgan fingerprint density at radius 1 is 1.22 bits per heavy atom. The molecule has 0 spiro atoms. The fraction of sp³-hybridized carbons (Fsp3) is 0.538. The number of hydrogen-bond acceptors (Lipinski definition) is 5. The number of hydrazine groups is 1. The summed E-state index contributed by atoms with van der Waals surface area (Å²) in [5, 5.41) is 0. The molecule has 0 heterocycles. The predicted molar refractivity (Wildman–Crippen MR) is 70.7 cm³/mol. The SMILES string of the molecule is CCC(OC)C(NN)c1ccc(OC)cc1OC. The van der Waals surface area contributed by atoms with Crippen molar-refractivity contribution < 1.29 is 14.2 Å². The third kappa shape index (κ3) is 3.13. The first-order valence-electron chi connectivity index (χ1n) is 5.92. The molecule has 1 aromatic rings. The number of hydrogen-bond donors (Lipinski definition) is 2. The lowest BCUT2D eigenvalue weighted by Gasteiger charge is -2.26. The molecule has 2 atom stereocenters. The summed E-state index contributed by atoms with van der Waals surface area (Å²) in [6.45, 7) is 2.05. The summed E-state index contributed by atoms with van der Waals surface area (Å²) >= 11 is 0. The lowest BCUT2D eigenvalue weighted by atomic mass is 9.99. The van der Waals surface area contributed by atoms with Gasteiger partial charge in [0, 0.05) is 18.7 Å². The number of ether oxygens (including phenoxy) is 3. The molecule has 102 valence electrons. The van der Waals surface area contributed by atoms with E-state index < -0.39 is 0 Å². The number of benzene rings is 1. The Morgan fingerprint density at radius 2 is 1.94 bits per heavy atom. The first-order valence-corrected chi connectivity index (χ1v) is 5.92. The van der Waals surface area contributed by atoms with Crippen molar-refractivity contribution >= 4 is 0 Å². The van der Waals surface area contributed by atoms with Gasteiger partial charge >= 0.3 is 0 Å². The van der Waals surface area contributed by atoms with Crippen LogP contribution in [0.3, 0.4) is 0 Å². The van der Waals surface area contributed by atoms with E-state index in [9.17, 15) is 0 Å². The standard InChI is InChI=1S/C13H22N2O3/c1-5-11(17-3)13(15-14)10-7-6-9(16-2)8-12(10)18-4/h6-8,11,13,15H,5,14H2,1-4H3. The van der Waals surface area contributed by atoms with Crippen molar-refractivity contribution in [2.75, 3.05) is 21.3 Å². The minimum atomic E-state index is -0.124. The van der Waals surface area contributed by atoms with Gasteiger partial charge in [0.15, 0.2) is 0 Å². The number of methoxy groups -OCH3 is 3. The average Bonchev–Trinajstić information content (AvgIpc) is 2.44. The van der Waals surface area contributed by atoms with Gasteiger partial charge in [0.05, 0.1) is 26.4 Å². The predicted octanol–water partition coefficient (Wildman–Crippen LogP) is 1.63. The minimum Gasteiger partial charge on any atom is -0.497 e. The van der Waals surface area contributed by atoms with Gasteiger partial charge in [-0.05, 0) is 18.6 Å². The quantitative estimate of drug-likeness (QED) is 0.572. The second-order valence-electron chi connectivity index (χ2n) is 3.93. The summed E-state index contributed by atoms with van der Waals surface area (Å²) in [6, 6.07) is 5.53. The zero-order chi connectivity index (χ0) is 13.5. The summed E-state index contributed by atoms with van der Waals surface area (Å²) in [6.07, 6.45) is 0.831. The molecule has 0 radical (unpaired) electrons. The molecule has 2 unspecified atom stereocenters. The van der Waals surface area contributed by atoms with Crippen molar-refractivity contribution in [1.82, 2.24) is 5.43 Å². The smallest absolute Gasteiger partial charge is 0.127 e. The van der Waals surface area contributed by atoms with E-state index in [4.69, 9.17) is 20.1 Å². The molecule has 1 rings (SSSR count). The van der Waals surface area contributed by atoms with E-state index in [0.29, 0.717) is 0 Å². The van der Waals surface area contributed by atoms with E-state index in [0.717, 1.165) is 23.5 Å². The fourth-order valence-electron chi connectivity index (χ4n) is 2.01. The maximum Gasteiger partial charge on any atom is 0.127 e. The Morgan fingerprint density at radius 3 is 2.39 bits per heavy atom. The van der Waals surface area contributed by atoms with Gasteiger partial charge in [-0.3, -0.25) is 11.3 Å². The second kappa shape index (κ2) is 7.20. The Bertz CT molecular complexity index is 367. The molecule has 5 heteroatoms. The van der Waals surface area contributed by atoms with Gasteiger partial charge in [-0.2, -0.15) is 0 Å². The number of nitrogens with one attached hydrogen (secondary N) is 1. The molecule has 0 aromatic heterocycles. The average molecular weight is 254 g/mol. The van der Waals surface area contributed by atoms with Crippen LogP contribution in [0.25, 0.3) is 0 Å². The van der Waals surface area contributed by atoms with Crippen LogP contribution in [0, 0.1) is 0 Å². The van der Waals surface area contributed by atoms with E-state index >= 15 is 0 Å². The molecule has 0 amide bonds. The van der Waals surface area contributed by atoms with Gasteiger partial charge in [0.1, 0.15) is 11.5 Å². The molecular formula is C13H22N2O3. The van der Waals surface area contributed by atoms with Crippen LogP contribution in [0.15, 0.2) is 18.2 Å². The van der Waals surface area contributed by atoms with Gasteiger partial charge in [-0.1, -0.05) is 6.92 Å². The van der Waals surface area contributed by atoms with Crippen molar-refractivity contribution in [2.45, 2.75) is 25.5 Å². The molecule has 0 aliphatic heterocycles. The van der Waals surface area contributed by atoms with Gasteiger partial charge in [0.2, 0.25) is 0 Å². The van der Waals surface area contributed by atoms with Gasteiger partial charge in [-0.15, -0.1) is 0 Å². The zero-order valence-electron chi connectivity index (χ0n) is 11.4. The third-order valence-electron chi connectivity index (χ3n) is 3.03. The van der Waals surface area contributed by atoms with Crippen molar-refractivity contribution in [3.63, 3.8) is 0 Å². The highest BCUT2D eigenvalue weighted by Gasteiger charge is 2.23. The van der Waals surface area contributed by atoms with E-state index in [1.807, 2.05) is 18.2 Å². The van der Waals surface area contributed by atoms with Crippen LogP contribution in [0.5, 0.6) is 11.5 Å². The van der Waals surface area contributed by atoms with Crippen LogP contribution >= 0.6 is 0 Å². The van der Waals surface area contributed by atoms with E-state index in [1.54, 1.807) is 21.3 Å². The van der Waals surface area contributed by atoms with E-state index in [2.05, 4.69) is 12.3 Å². The van der Waals surface area contributed by atoms with Crippen LogP contribution in [0.4, 0.5) is 0 Å². The van der Waals surface area contributed by atoms with E-state index in [-0.39, 0.29) is 12.1 Å². The summed E-state index contributed by atoms with van der Waals surface area (Å²) < 4.78 is 16.0. The minimum absolute atomic E-state index is 0.0164. The molecule has 0 saturated carbocycles. The Labute approximate surface area is 108 Å². The van der Waals surface area contributed by atoms with Crippen LogP contribution in [-0.4, -0.2) is 27.4 Å². The van der Waals surface area contributed by atoms with Crippen LogP contribution in [-0.2, 0) is 4.74 Å². The summed E-state index contributed by atoms with van der Waals surface area (Å²) in [7, 11) is 4.92. The molecule has 0 aliphatic rings. The van der Waals surface area contributed by atoms with Crippen LogP contribution < -0.4 is 20.7 Å². The van der Waals surface area contributed by atoms with Gasteiger partial charge < -0.3 is 14.2 Å². The number of rotatable bonds is 7. The molecule has 0 bridgehead atoms. The van der Waals surface area contributed by atoms with Crippen molar-refractivity contribution in [3.05, 3.63) is 23.8 Å². The van der Waals surface area contributed by atoms with Gasteiger partial charge in [0.25, 0.3) is 0 Å². The molecular weight excluding hydrogens is 232 g/mol. The molecule has 3 N–H and O–H groups in total. The monoisotopic (exact) mass is 254 g/mol. The Hall–Kier alpha value is -1.30. The zero-order valence-corrected chi connectivity index (χ0v) is 11.4. The first kappa shape index (κ1) is 14.8. The van der Waals surface area contributed by atoms with Crippen LogP contribution in [0.1, 0.15) is 24.9 Å². The lowest BCUT2D eigenvalue weighted by Crippen LogP contribution is -2.37. The highest BCUT2D eigenvalue weighted by Crippen LogP contribution is 2.32. The topological polar surface area (TPSA) is 65.7 Å². The summed E-state index contributed by atoms with van der Waals surface area (Å²) in [4.78, 5) is 0. The highest BCUT2D eigenvalue weighted by atomic mass is 16.5. The summed E-state index contributed by atoms with van der Waals surface area (Å²) in [5.41, 5.74) is 3.74. The number of nitrogens with two attached hydrogens (primary N) is 1. The highest BCUT2D eigenvalue weighted by molar-refractivity contribution is 5.42. The first-order chi connectivity index (χ1) is 8.71. The maximum atomic E-state index is 5.63. The maximum absolute atomic E-state index is 5.63. The summed E-state index contributed by atoms with van der Waals surface area (Å²) in [5.74, 6) is 7.11. The van der Waals surface area contributed by atoms with Crippen LogP contribution in [0.2, 0.25) is 0 Å². The molecule has 1 aromatic carbocycles. The molecule has 0 saturated heterocycles. The molecule has 18 heavy (non-hydrogen) atoms. The Kier molecular flexibility index (Phi) is 5.91. The molecule has 0 aliphatic carbocycles. The fourth-order valence-corrected chi connectivity index (χ4v) is 2.01. The van der Waals surface area contributed by atoms with E-state index in [1.165, 1.54) is 0 Å². The largest absolute Gasteiger partial charge is 0.497 e. The lowest BCUT2D eigenvalue weighted by molar-refractivity contribution is 0.0642. The van der Waals surface area contributed by atoms with Gasteiger partial charge in [-0.25, -0.2) is 0 Å². The second-order valence-corrected chi connectivity index (χ2v) is 3.93. The van der Waals surface area contributed by atoms with Crippen molar-refractivity contribution in [2.24, 2.45) is 5.84 Å². The van der Waals surface area contributed by atoms with Crippen molar-refractivity contribution in [3.8, 4) is 11.5 Å². The van der Waals surface area contributed by atoms with Crippen molar-refractivity contribution in [1.29, 1.82) is 0 Å². The normalized spacial score (nSPS) is 14.1. The molecule has 0 fully saturated rings. The third-order valence-corrected chi connectivity index (χ3v) is 3.03.